The summed E-state index contributed by atoms with van der Waals surface area (Å²) in [4.78, 5) is 24.0. The Morgan fingerprint density at radius 1 is 1.24 bits per heavy atom. The highest BCUT2D eigenvalue weighted by atomic mass is 16.5. The maximum Gasteiger partial charge on any atom is 0.308 e. The topological polar surface area (TPSA) is 84.9 Å². The number of nitrogens with one attached hydrogen (secondary N) is 1. The van der Waals surface area contributed by atoms with Crippen molar-refractivity contribution in [3.8, 4) is 5.75 Å². The standard InChI is InChI=1S/C19H25NO5/c1-11-7-14-9-17(25-16(14)8-12(11)2)18(21)20-10-15(19(22)23)13-3-5-24-6-4-13/h7-8,13,15,17H,3-6,9-10H2,1-2H3,(H,20,21)(H,22,23). The summed E-state index contributed by atoms with van der Waals surface area (Å²) in [6, 6.07) is 4.01. The molecule has 0 aromatic heterocycles. The highest BCUT2D eigenvalue weighted by Gasteiger charge is 2.33. The predicted octanol–water partition coefficient (Wildman–Crippen LogP) is 1.85. The van der Waals surface area contributed by atoms with E-state index in [1.807, 2.05) is 19.9 Å². The quantitative estimate of drug-likeness (QED) is 0.849. The molecule has 0 radical (unpaired) electrons. The van der Waals surface area contributed by atoms with Crippen molar-refractivity contribution in [2.24, 2.45) is 11.8 Å². The summed E-state index contributed by atoms with van der Waals surface area (Å²) in [5.41, 5.74) is 3.33. The first-order valence-electron chi connectivity index (χ1n) is 8.80. The molecule has 1 aromatic rings. The molecule has 2 N–H and O–H groups in total. The number of hydrogen-bond acceptors (Lipinski definition) is 4. The van der Waals surface area contributed by atoms with Crippen molar-refractivity contribution in [3.05, 3.63) is 28.8 Å². The Kier molecular flexibility index (Phi) is 5.27. The van der Waals surface area contributed by atoms with Gasteiger partial charge in [0.25, 0.3) is 5.91 Å². The number of hydrogen-bond donors (Lipinski definition) is 2. The number of carboxylic acid groups (broad SMARTS) is 1. The van der Waals surface area contributed by atoms with E-state index < -0.39 is 18.0 Å². The molecule has 0 saturated carbocycles. The fraction of sp³-hybridized carbons (Fsp3) is 0.579. The van der Waals surface area contributed by atoms with E-state index >= 15 is 0 Å². The van der Waals surface area contributed by atoms with Crippen LogP contribution in [-0.4, -0.2) is 42.8 Å². The Morgan fingerprint density at radius 3 is 2.60 bits per heavy atom. The molecule has 2 aliphatic heterocycles. The van der Waals surface area contributed by atoms with Crippen molar-refractivity contribution in [2.45, 2.75) is 39.2 Å². The molecule has 0 bridgehead atoms. The van der Waals surface area contributed by atoms with Crippen LogP contribution >= 0.6 is 0 Å². The lowest BCUT2D eigenvalue weighted by Gasteiger charge is -2.28. The fourth-order valence-corrected chi connectivity index (χ4v) is 3.56. The van der Waals surface area contributed by atoms with Gasteiger partial charge in [-0.2, -0.15) is 0 Å². The Morgan fingerprint density at radius 2 is 1.92 bits per heavy atom. The molecule has 1 aromatic carbocycles. The number of benzene rings is 1. The van der Waals surface area contributed by atoms with E-state index in [0.717, 1.165) is 29.7 Å². The number of carbonyl (C=O) groups excluding carboxylic acids is 1. The number of fused-ring (bicyclic) bond motifs is 1. The monoisotopic (exact) mass is 347 g/mol. The molecule has 0 spiro atoms. The summed E-state index contributed by atoms with van der Waals surface area (Å²) in [6.45, 7) is 5.35. The molecular formula is C19H25NO5. The highest BCUT2D eigenvalue weighted by molar-refractivity contribution is 5.83. The van der Waals surface area contributed by atoms with Gasteiger partial charge in [0.1, 0.15) is 5.75 Å². The van der Waals surface area contributed by atoms with Crippen molar-refractivity contribution in [1.82, 2.24) is 5.32 Å². The normalized spacial score (nSPS) is 21.3. The first-order valence-corrected chi connectivity index (χ1v) is 8.80. The molecule has 1 saturated heterocycles. The van der Waals surface area contributed by atoms with Crippen molar-refractivity contribution >= 4 is 11.9 Å². The number of aryl methyl sites for hydroxylation is 2. The highest BCUT2D eigenvalue weighted by Crippen LogP contribution is 2.31. The molecule has 2 atom stereocenters. The van der Waals surface area contributed by atoms with Gasteiger partial charge in [-0.3, -0.25) is 9.59 Å². The molecule has 2 aliphatic rings. The van der Waals surface area contributed by atoms with Gasteiger partial charge in [-0.25, -0.2) is 0 Å². The molecule has 0 aliphatic carbocycles. The van der Waals surface area contributed by atoms with Gasteiger partial charge < -0.3 is 19.9 Å². The van der Waals surface area contributed by atoms with E-state index in [-0.39, 0.29) is 18.4 Å². The minimum Gasteiger partial charge on any atom is -0.481 e. The van der Waals surface area contributed by atoms with Crippen LogP contribution in [0, 0.1) is 25.7 Å². The van der Waals surface area contributed by atoms with E-state index in [1.165, 1.54) is 5.56 Å². The van der Waals surface area contributed by atoms with Crippen LogP contribution in [0.5, 0.6) is 5.75 Å². The molecule has 136 valence electrons. The third-order valence-electron chi connectivity index (χ3n) is 5.29. The van der Waals surface area contributed by atoms with E-state index in [4.69, 9.17) is 9.47 Å². The van der Waals surface area contributed by atoms with Crippen LogP contribution in [0.25, 0.3) is 0 Å². The van der Waals surface area contributed by atoms with E-state index in [2.05, 4.69) is 11.4 Å². The average molecular weight is 347 g/mol. The molecule has 2 unspecified atom stereocenters. The van der Waals surface area contributed by atoms with Gasteiger partial charge in [-0.1, -0.05) is 6.07 Å². The predicted molar refractivity (Wildman–Crippen MR) is 91.7 cm³/mol. The van der Waals surface area contributed by atoms with Crippen LogP contribution in [0.2, 0.25) is 0 Å². The molecule has 3 rings (SSSR count). The summed E-state index contributed by atoms with van der Waals surface area (Å²) in [5, 5.41) is 12.3. The zero-order valence-electron chi connectivity index (χ0n) is 14.7. The van der Waals surface area contributed by atoms with Crippen LogP contribution in [0.15, 0.2) is 12.1 Å². The van der Waals surface area contributed by atoms with Gasteiger partial charge in [0.15, 0.2) is 6.10 Å². The number of aliphatic carboxylic acids is 1. The lowest BCUT2D eigenvalue weighted by molar-refractivity contribution is -0.145. The van der Waals surface area contributed by atoms with E-state index in [0.29, 0.717) is 19.6 Å². The largest absolute Gasteiger partial charge is 0.481 e. The average Bonchev–Trinajstić information content (AvgIpc) is 2.99. The van der Waals surface area contributed by atoms with Crippen molar-refractivity contribution in [1.29, 1.82) is 0 Å². The third-order valence-corrected chi connectivity index (χ3v) is 5.29. The second kappa shape index (κ2) is 7.44. The van der Waals surface area contributed by atoms with Crippen LogP contribution in [0.4, 0.5) is 0 Å². The lowest BCUT2D eigenvalue weighted by Crippen LogP contribution is -2.43. The van der Waals surface area contributed by atoms with Gasteiger partial charge in [0, 0.05) is 26.2 Å². The summed E-state index contributed by atoms with van der Waals surface area (Å²) in [7, 11) is 0. The summed E-state index contributed by atoms with van der Waals surface area (Å²) < 4.78 is 11.1. The number of amides is 1. The first kappa shape index (κ1) is 17.7. The minimum absolute atomic E-state index is 0.0403. The molecule has 2 heterocycles. The summed E-state index contributed by atoms with van der Waals surface area (Å²) in [5.74, 6) is -0.902. The molecular weight excluding hydrogens is 322 g/mol. The smallest absolute Gasteiger partial charge is 0.308 e. The maximum absolute atomic E-state index is 12.4. The van der Waals surface area contributed by atoms with Crippen LogP contribution in [0.3, 0.4) is 0 Å². The summed E-state index contributed by atoms with van der Waals surface area (Å²) in [6.07, 6.45) is 1.38. The number of carbonyl (C=O) groups is 2. The SMILES string of the molecule is Cc1cc2c(cc1C)OC(C(=O)NCC(C(=O)O)C1CCOCC1)C2. The zero-order chi connectivity index (χ0) is 18.0. The zero-order valence-corrected chi connectivity index (χ0v) is 14.7. The number of ether oxygens (including phenoxy) is 2. The minimum atomic E-state index is -0.867. The van der Waals surface area contributed by atoms with Crippen LogP contribution < -0.4 is 10.1 Å². The Hall–Kier alpha value is -2.08. The van der Waals surface area contributed by atoms with Gasteiger partial charge in [-0.15, -0.1) is 0 Å². The molecule has 1 amide bonds. The molecule has 1 fully saturated rings. The van der Waals surface area contributed by atoms with Gasteiger partial charge >= 0.3 is 5.97 Å². The first-order chi connectivity index (χ1) is 12.0. The second-order valence-corrected chi connectivity index (χ2v) is 6.99. The Labute approximate surface area is 147 Å². The molecule has 6 heteroatoms. The third kappa shape index (κ3) is 3.95. The lowest BCUT2D eigenvalue weighted by atomic mass is 9.86. The Bertz CT molecular complexity index is 635. The maximum atomic E-state index is 12.4. The van der Waals surface area contributed by atoms with Crippen molar-refractivity contribution in [3.63, 3.8) is 0 Å². The summed E-state index contributed by atoms with van der Waals surface area (Å²) >= 11 is 0. The fourth-order valence-electron chi connectivity index (χ4n) is 3.56. The van der Waals surface area contributed by atoms with Crippen LogP contribution in [0.1, 0.15) is 29.5 Å². The van der Waals surface area contributed by atoms with Gasteiger partial charge in [-0.05, 0) is 55.4 Å². The number of carboxylic acids is 1. The molecule has 25 heavy (non-hydrogen) atoms. The van der Waals surface area contributed by atoms with E-state index in [1.54, 1.807) is 0 Å². The van der Waals surface area contributed by atoms with Crippen molar-refractivity contribution < 1.29 is 24.2 Å². The van der Waals surface area contributed by atoms with Gasteiger partial charge in [0.2, 0.25) is 0 Å². The van der Waals surface area contributed by atoms with E-state index in [9.17, 15) is 14.7 Å². The number of rotatable bonds is 5. The molecule has 6 nitrogen and oxygen atoms in total. The van der Waals surface area contributed by atoms with Gasteiger partial charge in [0.05, 0.1) is 5.92 Å². The second-order valence-electron chi connectivity index (χ2n) is 6.99. The Balaban J connectivity index is 1.58. The van der Waals surface area contributed by atoms with Crippen molar-refractivity contribution in [2.75, 3.05) is 19.8 Å². The van der Waals surface area contributed by atoms with Crippen LogP contribution in [-0.2, 0) is 20.7 Å².